The zero-order valence-corrected chi connectivity index (χ0v) is 16.9. The van der Waals surface area contributed by atoms with E-state index < -0.39 is 10.0 Å². The van der Waals surface area contributed by atoms with Crippen LogP contribution in [0.2, 0.25) is 0 Å². The van der Waals surface area contributed by atoms with Gasteiger partial charge in [-0.1, -0.05) is 13.0 Å². The Morgan fingerprint density at radius 3 is 2.70 bits per heavy atom. The molecule has 0 radical (unpaired) electrons. The predicted octanol–water partition coefficient (Wildman–Crippen LogP) is 3.92. The van der Waals surface area contributed by atoms with E-state index in [9.17, 15) is 13.2 Å². The van der Waals surface area contributed by atoms with Crippen molar-refractivity contribution in [2.45, 2.75) is 26.7 Å². The van der Waals surface area contributed by atoms with E-state index in [1.807, 2.05) is 37.4 Å². The minimum atomic E-state index is -3.32. The molecule has 3 heterocycles. The third-order valence-electron chi connectivity index (χ3n) is 4.36. The van der Waals surface area contributed by atoms with Crippen molar-refractivity contribution < 1.29 is 13.2 Å². The van der Waals surface area contributed by atoms with Crippen LogP contribution in [0, 0.1) is 6.92 Å². The second-order valence-electron chi connectivity index (χ2n) is 6.29. The SMILES string of the molecule is CCS(=O)(=O)Nc1ccc(C(C)c2cc(C)c(C(=O)c3cccs3)[nH]2)nc1. The maximum Gasteiger partial charge on any atom is 0.232 e. The summed E-state index contributed by atoms with van der Waals surface area (Å²) in [5.41, 5.74) is 3.59. The molecule has 0 aliphatic carbocycles. The van der Waals surface area contributed by atoms with Gasteiger partial charge in [0.1, 0.15) is 0 Å². The number of carbonyl (C=O) groups is 1. The zero-order chi connectivity index (χ0) is 19.6. The van der Waals surface area contributed by atoms with Crippen LogP contribution >= 0.6 is 11.3 Å². The van der Waals surface area contributed by atoms with E-state index in [4.69, 9.17) is 0 Å². The van der Waals surface area contributed by atoms with Crippen LogP contribution in [0.25, 0.3) is 0 Å². The Bertz CT molecular complexity index is 1040. The Balaban J connectivity index is 1.81. The first-order valence-corrected chi connectivity index (χ1v) is 11.1. The van der Waals surface area contributed by atoms with Gasteiger partial charge in [-0.15, -0.1) is 11.3 Å². The lowest BCUT2D eigenvalue weighted by Gasteiger charge is -2.11. The van der Waals surface area contributed by atoms with Gasteiger partial charge in [-0.25, -0.2) is 8.42 Å². The highest BCUT2D eigenvalue weighted by molar-refractivity contribution is 7.92. The molecule has 0 fully saturated rings. The number of carbonyl (C=O) groups excluding carboxylic acids is 1. The number of rotatable bonds is 7. The first kappa shape index (κ1) is 19.3. The third-order valence-corrected chi connectivity index (χ3v) is 6.53. The van der Waals surface area contributed by atoms with E-state index >= 15 is 0 Å². The van der Waals surface area contributed by atoms with E-state index in [0.29, 0.717) is 16.3 Å². The number of sulfonamides is 1. The van der Waals surface area contributed by atoms with Crippen molar-refractivity contribution in [3.63, 3.8) is 0 Å². The summed E-state index contributed by atoms with van der Waals surface area (Å²) in [6.07, 6.45) is 1.51. The number of thiophene rings is 1. The Morgan fingerprint density at radius 1 is 1.33 bits per heavy atom. The molecule has 6 nitrogen and oxygen atoms in total. The molecule has 0 amide bonds. The fourth-order valence-corrected chi connectivity index (χ4v) is 4.01. The first-order valence-electron chi connectivity index (χ1n) is 8.55. The van der Waals surface area contributed by atoms with Crippen LogP contribution in [0.3, 0.4) is 0 Å². The molecule has 1 unspecified atom stereocenters. The van der Waals surface area contributed by atoms with Crippen LogP contribution in [0.4, 0.5) is 5.69 Å². The van der Waals surface area contributed by atoms with Crippen molar-refractivity contribution in [2.24, 2.45) is 0 Å². The van der Waals surface area contributed by atoms with Crippen molar-refractivity contribution in [2.75, 3.05) is 10.5 Å². The lowest BCUT2D eigenvalue weighted by molar-refractivity contribution is 0.103. The number of nitrogens with one attached hydrogen (secondary N) is 2. The monoisotopic (exact) mass is 403 g/mol. The molecule has 3 rings (SSSR count). The number of aromatic nitrogens is 2. The Hall–Kier alpha value is -2.45. The molecule has 3 aromatic rings. The van der Waals surface area contributed by atoms with Gasteiger partial charge in [0.25, 0.3) is 0 Å². The van der Waals surface area contributed by atoms with Gasteiger partial charge in [0.15, 0.2) is 0 Å². The fraction of sp³-hybridized carbons (Fsp3) is 0.263. The molecule has 142 valence electrons. The lowest BCUT2D eigenvalue weighted by atomic mass is 10.0. The summed E-state index contributed by atoms with van der Waals surface area (Å²) in [5.74, 6) is -0.0721. The van der Waals surface area contributed by atoms with Crippen LogP contribution in [0.5, 0.6) is 0 Å². The van der Waals surface area contributed by atoms with Crippen molar-refractivity contribution in [3.8, 4) is 0 Å². The van der Waals surface area contributed by atoms with Gasteiger partial charge in [-0.05, 0) is 49.1 Å². The summed E-state index contributed by atoms with van der Waals surface area (Å²) in [6.45, 7) is 5.47. The van der Waals surface area contributed by atoms with Gasteiger partial charge in [-0.3, -0.25) is 14.5 Å². The summed E-state index contributed by atoms with van der Waals surface area (Å²) in [7, 11) is -3.32. The van der Waals surface area contributed by atoms with E-state index in [2.05, 4.69) is 14.7 Å². The molecule has 8 heteroatoms. The average molecular weight is 404 g/mol. The lowest BCUT2D eigenvalue weighted by Crippen LogP contribution is -2.14. The number of pyridine rings is 1. The van der Waals surface area contributed by atoms with Crippen LogP contribution in [0.15, 0.2) is 41.9 Å². The third kappa shape index (κ3) is 4.28. The number of nitrogens with zero attached hydrogens (tertiary/aromatic N) is 1. The molecular formula is C19H21N3O3S2. The number of ketones is 1. The quantitative estimate of drug-likeness (QED) is 0.585. The number of aromatic amines is 1. The van der Waals surface area contributed by atoms with Gasteiger partial charge in [-0.2, -0.15) is 0 Å². The molecule has 0 aliphatic rings. The van der Waals surface area contributed by atoms with Crippen molar-refractivity contribution >= 4 is 32.8 Å². The van der Waals surface area contributed by atoms with Gasteiger partial charge in [0.2, 0.25) is 15.8 Å². The molecule has 27 heavy (non-hydrogen) atoms. The predicted molar refractivity (Wildman–Crippen MR) is 108 cm³/mol. The van der Waals surface area contributed by atoms with E-state index in [-0.39, 0.29) is 17.5 Å². The minimum absolute atomic E-state index is 0.00789. The molecule has 0 bridgehead atoms. The van der Waals surface area contributed by atoms with Crippen LogP contribution in [-0.2, 0) is 10.0 Å². The van der Waals surface area contributed by atoms with Crippen molar-refractivity contribution in [1.29, 1.82) is 0 Å². The average Bonchev–Trinajstić information content (AvgIpc) is 3.31. The van der Waals surface area contributed by atoms with Gasteiger partial charge in [0.05, 0.1) is 28.2 Å². The topological polar surface area (TPSA) is 91.9 Å². The minimum Gasteiger partial charge on any atom is -0.355 e. The summed E-state index contributed by atoms with van der Waals surface area (Å²) < 4.78 is 25.7. The number of H-pyrrole nitrogens is 1. The van der Waals surface area contributed by atoms with Crippen LogP contribution in [0.1, 0.15) is 52.1 Å². The summed E-state index contributed by atoms with van der Waals surface area (Å²) in [6, 6.07) is 9.11. The molecule has 3 aromatic heterocycles. The molecule has 0 saturated heterocycles. The number of anilines is 1. The molecule has 2 N–H and O–H groups in total. The van der Waals surface area contributed by atoms with Gasteiger partial charge >= 0.3 is 0 Å². The molecule has 0 aliphatic heterocycles. The molecular weight excluding hydrogens is 382 g/mol. The second-order valence-corrected chi connectivity index (χ2v) is 9.25. The largest absolute Gasteiger partial charge is 0.355 e. The number of hydrogen-bond donors (Lipinski definition) is 2. The van der Waals surface area contributed by atoms with Crippen molar-refractivity contribution in [3.05, 3.63) is 69.4 Å². The molecule has 0 spiro atoms. The molecule has 1 atom stereocenters. The van der Waals surface area contributed by atoms with E-state index in [1.54, 1.807) is 19.1 Å². The van der Waals surface area contributed by atoms with E-state index in [0.717, 1.165) is 17.0 Å². The fourth-order valence-electron chi connectivity index (χ4n) is 2.72. The maximum absolute atomic E-state index is 12.6. The number of aryl methyl sites for hydroxylation is 1. The normalized spacial score (nSPS) is 12.7. The van der Waals surface area contributed by atoms with Crippen molar-refractivity contribution in [1.82, 2.24) is 9.97 Å². The summed E-state index contributed by atoms with van der Waals surface area (Å²) in [4.78, 5) is 20.9. The standard InChI is InChI=1S/C19H21N3O3S2/c1-4-27(24,25)22-14-7-8-15(20-11-14)13(3)16-10-12(2)18(21-16)19(23)17-6-5-9-26-17/h5-11,13,21-22H,4H2,1-3H3. The molecule has 0 saturated carbocycles. The highest BCUT2D eigenvalue weighted by atomic mass is 32.2. The van der Waals surface area contributed by atoms with E-state index in [1.165, 1.54) is 17.5 Å². The second kappa shape index (κ2) is 7.66. The van der Waals surface area contributed by atoms with Crippen LogP contribution in [-0.4, -0.2) is 29.9 Å². The highest BCUT2D eigenvalue weighted by Crippen LogP contribution is 2.26. The number of hydrogen-bond acceptors (Lipinski definition) is 5. The Kier molecular flexibility index (Phi) is 5.48. The first-order chi connectivity index (χ1) is 12.8. The summed E-state index contributed by atoms with van der Waals surface area (Å²) in [5, 5.41) is 1.88. The highest BCUT2D eigenvalue weighted by Gasteiger charge is 2.19. The Morgan fingerprint density at radius 2 is 2.11 bits per heavy atom. The van der Waals surface area contributed by atoms with Crippen LogP contribution < -0.4 is 4.72 Å². The zero-order valence-electron chi connectivity index (χ0n) is 15.3. The maximum atomic E-state index is 12.6. The molecule has 0 aromatic carbocycles. The Labute approximate surface area is 162 Å². The smallest absolute Gasteiger partial charge is 0.232 e. The van der Waals surface area contributed by atoms with Gasteiger partial charge < -0.3 is 4.98 Å². The summed E-state index contributed by atoms with van der Waals surface area (Å²) >= 11 is 1.42. The van der Waals surface area contributed by atoms with Gasteiger partial charge in [0, 0.05) is 17.3 Å².